The fourth-order valence-electron chi connectivity index (χ4n) is 4.49. The first-order valence-electron chi connectivity index (χ1n) is 10.9. The highest BCUT2D eigenvalue weighted by Gasteiger charge is 2.29. The zero-order valence-corrected chi connectivity index (χ0v) is 17.4. The highest BCUT2D eigenvalue weighted by molar-refractivity contribution is 5.92. The molecule has 0 spiro atoms. The summed E-state index contributed by atoms with van der Waals surface area (Å²) in [7, 11) is 0. The third kappa shape index (κ3) is 4.84. The van der Waals surface area contributed by atoms with Gasteiger partial charge in [-0.1, -0.05) is 12.8 Å². The maximum atomic E-state index is 12.5. The van der Waals surface area contributed by atoms with Gasteiger partial charge in [0.2, 0.25) is 0 Å². The zero-order chi connectivity index (χ0) is 21.8. The maximum Gasteiger partial charge on any atom is 0.270 e. The first-order valence-corrected chi connectivity index (χ1v) is 10.9. The second kappa shape index (κ2) is 9.42. The Morgan fingerprint density at radius 2 is 1.97 bits per heavy atom. The van der Waals surface area contributed by atoms with Crippen molar-refractivity contribution in [1.82, 2.24) is 25.1 Å². The minimum Gasteiger partial charge on any atom is -0.391 e. The van der Waals surface area contributed by atoms with E-state index in [-0.39, 0.29) is 28.9 Å². The Balaban J connectivity index is 1.50. The summed E-state index contributed by atoms with van der Waals surface area (Å²) in [6, 6.07) is 4.10. The van der Waals surface area contributed by atoms with Crippen LogP contribution in [0.3, 0.4) is 0 Å². The number of nitrogens with one attached hydrogen (secondary N) is 2. The van der Waals surface area contributed by atoms with Crippen LogP contribution < -0.4 is 21.3 Å². The number of hydrogen-bond donors (Lipinski definition) is 3. The fraction of sp³-hybridized carbons (Fsp3) is 0.571. The van der Waals surface area contributed by atoms with Crippen molar-refractivity contribution in [3.63, 3.8) is 0 Å². The second-order valence-corrected chi connectivity index (χ2v) is 8.24. The van der Waals surface area contributed by atoms with E-state index in [2.05, 4.69) is 25.3 Å². The lowest BCUT2D eigenvalue weighted by atomic mass is 9.93. The van der Waals surface area contributed by atoms with Gasteiger partial charge in [0.15, 0.2) is 0 Å². The lowest BCUT2D eigenvalue weighted by molar-refractivity contribution is 0.0669. The number of hydrogen-bond acceptors (Lipinski definition) is 7. The van der Waals surface area contributed by atoms with Gasteiger partial charge in [0.25, 0.3) is 17.0 Å². The number of amides is 1. The van der Waals surface area contributed by atoms with Crippen molar-refractivity contribution in [2.45, 2.75) is 63.1 Å². The van der Waals surface area contributed by atoms with Gasteiger partial charge in [-0.2, -0.15) is 5.10 Å². The molecule has 0 bridgehead atoms. The highest BCUT2D eigenvalue weighted by atomic mass is 16.3. The quantitative estimate of drug-likeness (QED) is 0.635. The van der Waals surface area contributed by atoms with E-state index in [1.165, 1.54) is 23.1 Å². The van der Waals surface area contributed by atoms with Gasteiger partial charge < -0.3 is 20.3 Å². The molecular weight excluding hydrogens is 400 g/mol. The molecule has 3 heterocycles. The van der Waals surface area contributed by atoms with E-state index < -0.39 is 12.0 Å². The molecule has 2 aliphatic rings. The standard InChI is InChI=1S/C21H28N6O4/c28-17-7-2-1-6-16(17)27-20(30)9-8-18(25-27)26-10-4-3-5-14(26)12-22-21(31)15-11-19(29)24-13-23-15/h8-9,11,13-14,16-17,28H,1-7,10,12H2,(H,22,31)(H,23,24,29). The highest BCUT2D eigenvalue weighted by Crippen LogP contribution is 2.28. The summed E-state index contributed by atoms with van der Waals surface area (Å²) in [4.78, 5) is 44.7. The molecule has 4 rings (SSSR count). The minimum atomic E-state index is -0.563. The van der Waals surface area contributed by atoms with Crippen LogP contribution in [0.25, 0.3) is 0 Å². The normalized spacial score (nSPS) is 24.0. The van der Waals surface area contributed by atoms with Crippen molar-refractivity contribution in [3.05, 3.63) is 50.9 Å². The number of anilines is 1. The van der Waals surface area contributed by atoms with E-state index in [0.29, 0.717) is 18.8 Å². The molecule has 3 atom stereocenters. The first kappa shape index (κ1) is 21.2. The van der Waals surface area contributed by atoms with E-state index >= 15 is 0 Å². The summed E-state index contributed by atoms with van der Waals surface area (Å²) < 4.78 is 1.43. The summed E-state index contributed by atoms with van der Waals surface area (Å²) in [5, 5.41) is 17.9. The van der Waals surface area contributed by atoms with Gasteiger partial charge in [-0.3, -0.25) is 14.4 Å². The van der Waals surface area contributed by atoms with Gasteiger partial charge in [-0.15, -0.1) is 0 Å². The number of aromatic nitrogens is 4. The van der Waals surface area contributed by atoms with E-state index in [9.17, 15) is 19.5 Å². The molecule has 2 aromatic rings. The van der Waals surface area contributed by atoms with Gasteiger partial charge in [0.1, 0.15) is 11.5 Å². The van der Waals surface area contributed by atoms with Crippen molar-refractivity contribution in [2.75, 3.05) is 18.0 Å². The number of rotatable bonds is 5. The zero-order valence-electron chi connectivity index (χ0n) is 17.4. The third-order valence-electron chi connectivity index (χ3n) is 6.15. The Kier molecular flexibility index (Phi) is 6.45. The van der Waals surface area contributed by atoms with Crippen LogP contribution in [0.2, 0.25) is 0 Å². The topological polar surface area (TPSA) is 133 Å². The number of piperidine rings is 1. The summed E-state index contributed by atoms with van der Waals surface area (Å²) in [5.41, 5.74) is -0.517. The summed E-state index contributed by atoms with van der Waals surface area (Å²) in [6.07, 6.45) is 6.88. The lowest BCUT2D eigenvalue weighted by Gasteiger charge is -2.37. The van der Waals surface area contributed by atoms with Crippen molar-refractivity contribution in [2.24, 2.45) is 0 Å². The predicted octanol–water partition coefficient (Wildman–Crippen LogP) is 0.592. The largest absolute Gasteiger partial charge is 0.391 e. The van der Waals surface area contributed by atoms with E-state index in [0.717, 1.165) is 45.1 Å². The van der Waals surface area contributed by atoms with Crippen LogP contribution in [0, 0.1) is 0 Å². The van der Waals surface area contributed by atoms with Gasteiger partial charge >= 0.3 is 0 Å². The molecule has 166 valence electrons. The number of aliphatic hydroxyl groups excluding tert-OH is 1. The number of carbonyl (C=O) groups is 1. The Morgan fingerprint density at radius 1 is 1.16 bits per heavy atom. The van der Waals surface area contributed by atoms with E-state index in [1.54, 1.807) is 6.07 Å². The van der Waals surface area contributed by atoms with Crippen LogP contribution in [0.1, 0.15) is 61.5 Å². The monoisotopic (exact) mass is 428 g/mol. The molecule has 0 aromatic carbocycles. The van der Waals surface area contributed by atoms with Crippen molar-refractivity contribution < 1.29 is 9.90 Å². The van der Waals surface area contributed by atoms with Crippen LogP contribution in [-0.4, -0.2) is 56.0 Å². The Labute approximate surface area is 179 Å². The van der Waals surface area contributed by atoms with Crippen LogP contribution in [0.4, 0.5) is 5.82 Å². The Hall–Kier alpha value is -3.01. The smallest absolute Gasteiger partial charge is 0.270 e. The minimum absolute atomic E-state index is 0.00873. The molecule has 1 saturated heterocycles. The molecule has 3 unspecified atom stereocenters. The number of carbonyl (C=O) groups excluding carboxylic acids is 1. The Morgan fingerprint density at radius 3 is 2.77 bits per heavy atom. The number of aromatic amines is 1. The number of nitrogens with zero attached hydrogens (tertiary/aromatic N) is 4. The van der Waals surface area contributed by atoms with Crippen LogP contribution in [-0.2, 0) is 0 Å². The summed E-state index contributed by atoms with van der Waals surface area (Å²) >= 11 is 0. The van der Waals surface area contributed by atoms with Gasteiger partial charge in [-0.25, -0.2) is 9.67 Å². The summed E-state index contributed by atoms with van der Waals surface area (Å²) in [5.74, 6) is 0.269. The first-order chi connectivity index (χ1) is 15.0. The lowest BCUT2D eigenvalue weighted by Crippen LogP contribution is -2.48. The molecule has 10 heteroatoms. The molecule has 1 saturated carbocycles. The molecule has 1 aliphatic carbocycles. The Bertz CT molecular complexity index is 1030. The number of aliphatic hydroxyl groups is 1. The average molecular weight is 428 g/mol. The van der Waals surface area contributed by atoms with E-state index in [4.69, 9.17) is 0 Å². The molecule has 1 amide bonds. The number of H-pyrrole nitrogens is 1. The predicted molar refractivity (Wildman–Crippen MR) is 114 cm³/mol. The van der Waals surface area contributed by atoms with Crippen molar-refractivity contribution in [1.29, 1.82) is 0 Å². The molecule has 3 N–H and O–H groups in total. The molecular formula is C21H28N6O4. The SMILES string of the molecule is O=C(NCC1CCCCN1c1ccc(=O)n(C2CCCCC2O)n1)c1cc(=O)[nH]cn1. The molecule has 0 radical (unpaired) electrons. The van der Waals surface area contributed by atoms with Crippen LogP contribution in [0.15, 0.2) is 34.1 Å². The van der Waals surface area contributed by atoms with E-state index in [1.807, 2.05) is 0 Å². The van der Waals surface area contributed by atoms with Gasteiger partial charge in [0.05, 0.1) is 18.5 Å². The van der Waals surface area contributed by atoms with Crippen LogP contribution in [0.5, 0.6) is 0 Å². The van der Waals surface area contributed by atoms with Crippen molar-refractivity contribution in [3.8, 4) is 0 Å². The third-order valence-corrected chi connectivity index (χ3v) is 6.15. The fourth-order valence-corrected chi connectivity index (χ4v) is 4.49. The van der Waals surface area contributed by atoms with Gasteiger partial charge in [0, 0.05) is 31.3 Å². The van der Waals surface area contributed by atoms with Crippen molar-refractivity contribution >= 4 is 11.7 Å². The summed E-state index contributed by atoms with van der Waals surface area (Å²) in [6.45, 7) is 1.14. The second-order valence-electron chi connectivity index (χ2n) is 8.24. The van der Waals surface area contributed by atoms with Gasteiger partial charge in [-0.05, 0) is 38.2 Å². The molecule has 31 heavy (non-hydrogen) atoms. The average Bonchev–Trinajstić information content (AvgIpc) is 2.78. The molecule has 1 aliphatic heterocycles. The molecule has 10 nitrogen and oxygen atoms in total. The maximum absolute atomic E-state index is 12.5. The van der Waals surface area contributed by atoms with Crippen LogP contribution >= 0.6 is 0 Å². The molecule has 2 fully saturated rings. The molecule has 2 aromatic heterocycles.